The molecule has 0 aliphatic rings. The second-order valence-corrected chi connectivity index (χ2v) is 6.80. The zero-order valence-corrected chi connectivity index (χ0v) is 16.7. The molecule has 1 aromatic heterocycles. The maximum absolute atomic E-state index is 12.0. The molecular weight excluding hydrogens is 477 g/mol. The van der Waals surface area contributed by atoms with Crippen molar-refractivity contribution in [1.82, 2.24) is 5.43 Å². The van der Waals surface area contributed by atoms with Crippen LogP contribution in [0, 0.1) is 13.7 Å². The number of ether oxygens (including phenoxy) is 1. The van der Waals surface area contributed by atoms with Crippen LogP contribution in [0.25, 0.3) is 11.3 Å². The van der Waals surface area contributed by atoms with Gasteiger partial charge in [-0.25, -0.2) is 5.43 Å². The minimum absolute atomic E-state index is 0.135. The normalized spacial score (nSPS) is 10.8. The monoisotopic (exact) mass is 491 g/mol. The first kappa shape index (κ1) is 19.5. The average Bonchev–Trinajstić information content (AvgIpc) is 3.16. The quantitative estimate of drug-likeness (QED) is 0.240. The molecular formula is C19H14IN3O5. The van der Waals surface area contributed by atoms with Gasteiger partial charge in [0.25, 0.3) is 11.6 Å². The van der Waals surface area contributed by atoms with Gasteiger partial charge >= 0.3 is 0 Å². The molecule has 0 spiro atoms. The minimum atomic E-state index is -0.504. The number of hydrogen-bond donors (Lipinski definition) is 1. The molecule has 0 bridgehead atoms. The van der Waals surface area contributed by atoms with E-state index in [2.05, 4.69) is 33.1 Å². The fourth-order valence-corrected chi connectivity index (χ4v) is 2.96. The summed E-state index contributed by atoms with van der Waals surface area (Å²) in [4.78, 5) is 22.9. The lowest BCUT2D eigenvalue weighted by Gasteiger charge is -2.03. The van der Waals surface area contributed by atoms with Crippen molar-refractivity contribution in [2.24, 2.45) is 5.10 Å². The molecule has 9 heteroatoms. The van der Waals surface area contributed by atoms with Crippen molar-refractivity contribution in [3.63, 3.8) is 0 Å². The number of carbonyl (C=O) groups excluding carboxylic acids is 1. The van der Waals surface area contributed by atoms with E-state index in [4.69, 9.17) is 9.15 Å². The summed E-state index contributed by atoms with van der Waals surface area (Å²) >= 11 is 2.12. The summed E-state index contributed by atoms with van der Waals surface area (Å²) in [5.74, 6) is 0.664. The lowest BCUT2D eigenvalue weighted by atomic mass is 10.1. The number of halogens is 1. The molecule has 8 nitrogen and oxygen atoms in total. The number of amides is 1. The van der Waals surface area contributed by atoms with Crippen LogP contribution in [0.2, 0.25) is 0 Å². The molecule has 1 heterocycles. The summed E-state index contributed by atoms with van der Waals surface area (Å²) in [7, 11) is 1.44. The molecule has 0 atom stereocenters. The van der Waals surface area contributed by atoms with Crippen LogP contribution in [0.3, 0.4) is 0 Å². The van der Waals surface area contributed by atoms with Crippen molar-refractivity contribution in [2.75, 3.05) is 7.11 Å². The number of rotatable bonds is 6. The lowest BCUT2D eigenvalue weighted by Crippen LogP contribution is -2.17. The van der Waals surface area contributed by atoms with Gasteiger partial charge in [0.2, 0.25) is 0 Å². The van der Waals surface area contributed by atoms with Crippen LogP contribution in [-0.2, 0) is 0 Å². The van der Waals surface area contributed by atoms with Crippen LogP contribution < -0.4 is 10.2 Å². The Hall–Kier alpha value is -3.21. The first-order valence-electron chi connectivity index (χ1n) is 7.99. The van der Waals surface area contributed by atoms with Gasteiger partial charge in [-0.1, -0.05) is 6.07 Å². The number of methoxy groups -OCH3 is 1. The highest BCUT2D eigenvalue weighted by Crippen LogP contribution is 2.33. The Morgan fingerprint density at radius 1 is 1.25 bits per heavy atom. The summed E-state index contributed by atoms with van der Waals surface area (Å²) in [6.07, 6.45) is 1.32. The van der Waals surface area contributed by atoms with E-state index in [1.807, 2.05) is 6.07 Å². The van der Waals surface area contributed by atoms with Crippen molar-refractivity contribution in [3.8, 4) is 17.1 Å². The number of nitrogens with one attached hydrogen (secondary N) is 1. The van der Waals surface area contributed by atoms with Crippen LogP contribution in [0.1, 0.15) is 16.1 Å². The van der Waals surface area contributed by atoms with Gasteiger partial charge < -0.3 is 9.15 Å². The highest BCUT2D eigenvalue weighted by molar-refractivity contribution is 14.1. The van der Waals surface area contributed by atoms with E-state index in [1.165, 1.54) is 19.4 Å². The third kappa shape index (κ3) is 4.55. The summed E-state index contributed by atoms with van der Waals surface area (Å²) in [5.41, 5.74) is 3.07. The Balaban J connectivity index is 1.75. The van der Waals surface area contributed by atoms with Gasteiger partial charge in [-0.05, 0) is 65.1 Å². The third-order valence-corrected chi connectivity index (χ3v) is 4.41. The number of carbonyl (C=O) groups is 1. The molecule has 0 unspecified atom stereocenters. The molecule has 0 aliphatic carbocycles. The lowest BCUT2D eigenvalue weighted by molar-refractivity contribution is -0.384. The van der Waals surface area contributed by atoms with E-state index < -0.39 is 4.92 Å². The highest BCUT2D eigenvalue weighted by Gasteiger charge is 2.19. The topological polar surface area (TPSA) is 107 Å². The Labute approximate surface area is 173 Å². The van der Waals surface area contributed by atoms with Crippen LogP contribution in [-0.4, -0.2) is 24.2 Å². The molecule has 28 heavy (non-hydrogen) atoms. The summed E-state index contributed by atoms with van der Waals surface area (Å²) in [6.45, 7) is 0. The number of nitrogens with zero attached hydrogens (tertiary/aromatic N) is 2. The summed E-state index contributed by atoms with van der Waals surface area (Å²) in [5, 5.41) is 15.2. The van der Waals surface area contributed by atoms with Crippen LogP contribution >= 0.6 is 22.6 Å². The summed E-state index contributed by atoms with van der Waals surface area (Å²) in [6, 6.07) is 14.8. The van der Waals surface area contributed by atoms with Crippen molar-refractivity contribution >= 4 is 40.4 Å². The third-order valence-electron chi connectivity index (χ3n) is 3.74. The fourth-order valence-electron chi connectivity index (χ4n) is 2.41. The van der Waals surface area contributed by atoms with E-state index in [0.29, 0.717) is 28.4 Å². The number of hydrazone groups is 1. The smallest absolute Gasteiger partial charge is 0.284 e. The zero-order chi connectivity index (χ0) is 20.1. The number of hydrogen-bond acceptors (Lipinski definition) is 6. The molecule has 3 rings (SSSR count). The minimum Gasteiger partial charge on any atom is -0.497 e. The largest absolute Gasteiger partial charge is 0.497 e. The molecule has 0 saturated heterocycles. The molecule has 142 valence electrons. The number of nitro benzene ring substituents is 1. The van der Waals surface area contributed by atoms with Crippen LogP contribution in [0.15, 0.2) is 64.1 Å². The molecule has 1 amide bonds. The number of benzene rings is 2. The van der Waals surface area contributed by atoms with Gasteiger partial charge in [0, 0.05) is 9.13 Å². The Morgan fingerprint density at radius 2 is 2.07 bits per heavy atom. The Bertz CT molecular complexity index is 1060. The molecule has 0 aliphatic heterocycles. The SMILES string of the molecule is COc1ccc(-c2ccc(/C=N\NC(=O)c3cccc(I)c3)o2)c([N+](=O)[O-])c1. The second kappa shape index (κ2) is 8.65. The molecule has 0 saturated carbocycles. The molecule has 2 aromatic carbocycles. The first-order chi connectivity index (χ1) is 13.5. The van der Waals surface area contributed by atoms with E-state index in [-0.39, 0.29) is 11.6 Å². The molecule has 1 N–H and O–H groups in total. The van der Waals surface area contributed by atoms with E-state index in [1.54, 1.807) is 42.5 Å². The molecule has 0 radical (unpaired) electrons. The highest BCUT2D eigenvalue weighted by atomic mass is 127. The van der Waals surface area contributed by atoms with E-state index in [0.717, 1.165) is 3.57 Å². The zero-order valence-electron chi connectivity index (χ0n) is 14.6. The Kier molecular flexibility index (Phi) is 6.04. The fraction of sp³-hybridized carbons (Fsp3) is 0.0526. The van der Waals surface area contributed by atoms with Gasteiger partial charge in [-0.15, -0.1) is 0 Å². The predicted molar refractivity (Wildman–Crippen MR) is 112 cm³/mol. The number of furan rings is 1. The second-order valence-electron chi connectivity index (χ2n) is 5.55. The van der Waals surface area contributed by atoms with Gasteiger partial charge in [-0.2, -0.15) is 5.10 Å². The predicted octanol–water partition coefficient (Wildman–Crippen LogP) is 4.23. The molecule has 0 fully saturated rings. The van der Waals surface area contributed by atoms with Gasteiger partial charge in [-0.3, -0.25) is 14.9 Å². The van der Waals surface area contributed by atoms with E-state index >= 15 is 0 Å². The maximum Gasteiger partial charge on any atom is 0.284 e. The standard InChI is InChI=1S/C19H14IN3O5/c1-27-14-5-7-16(17(10-14)23(25)26)18-8-6-15(28-18)11-21-22-19(24)12-3-2-4-13(20)9-12/h2-11H,1H3,(H,22,24)/b21-11-. The van der Waals surface area contributed by atoms with Crippen molar-refractivity contribution in [3.05, 3.63) is 79.6 Å². The van der Waals surface area contributed by atoms with Crippen LogP contribution in [0.5, 0.6) is 5.75 Å². The molecule has 3 aromatic rings. The van der Waals surface area contributed by atoms with Gasteiger partial charge in [0.15, 0.2) is 0 Å². The number of nitro groups is 1. The van der Waals surface area contributed by atoms with Crippen molar-refractivity contribution in [1.29, 1.82) is 0 Å². The van der Waals surface area contributed by atoms with Crippen LogP contribution in [0.4, 0.5) is 5.69 Å². The average molecular weight is 491 g/mol. The van der Waals surface area contributed by atoms with Crippen molar-refractivity contribution in [2.45, 2.75) is 0 Å². The van der Waals surface area contributed by atoms with Gasteiger partial charge in [0.05, 0.1) is 29.9 Å². The maximum atomic E-state index is 12.0. The first-order valence-corrected chi connectivity index (χ1v) is 9.07. The summed E-state index contributed by atoms with van der Waals surface area (Å²) < 4.78 is 11.6. The van der Waals surface area contributed by atoms with Gasteiger partial charge in [0.1, 0.15) is 17.3 Å². The van der Waals surface area contributed by atoms with E-state index in [9.17, 15) is 14.9 Å². The Morgan fingerprint density at radius 3 is 2.79 bits per heavy atom. The van der Waals surface area contributed by atoms with Crippen molar-refractivity contribution < 1.29 is 18.9 Å².